The van der Waals surface area contributed by atoms with Gasteiger partial charge in [0.05, 0.1) is 26.1 Å². The van der Waals surface area contributed by atoms with Crippen LogP contribution >= 0.6 is 0 Å². The first-order valence-corrected chi connectivity index (χ1v) is 6.55. The summed E-state index contributed by atoms with van der Waals surface area (Å²) in [5, 5.41) is 13.2. The summed E-state index contributed by atoms with van der Waals surface area (Å²) in [4.78, 5) is 15.3. The highest BCUT2D eigenvalue weighted by atomic mass is 16.5. The fourth-order valence-corrected chi connectivity index (χ4v) is 2.22. The van der Waals surface area contributed by atoms with E-state index in [0.717, 1.165) is 0 Å². The third kappa shape index (κ3) is 2.34. The largest absolute Gasteiger partial charge is 0.507 e. The third-order valence-corrected chi connectivity index (χ3v) is 3.28. The molecule has 0 saturated heterocycles. The maximum absolute atomic E-state index is 10.1. The Bertz CT molecular complexity index is 802. The smallest absolute Gasteiger partial charge is 0.182 e. The van der Waals surface area contributed by atoms with Crippen molar-refractivity contribution >= 4 is 17.0 Å². The van der Waals surface area contributed by atoms with E-state index >= 15 is 0 Å². The molecule has 22 heavy (non-hydrogen) atoms. The van der Waals surface area contributed by atoms with Gasteiger partial charge in [0.1, 0.15) is 17.6 Å². The van der Waals surface area contributed by atoms with E-state index in [1.165, 1.54) is 13.4 Å². The first-order chi connectivity index (χ1) is 10.7. The van der Waals surface area contributed by atoms with Crippen LogP contribution in [0.5, 0.6) is 17.2 Å². The Morgan fingerprint density at radius 2 is 2.05 bits per heavy atom. The summed E-state index contributed by atoms with van der Waals surface area (Å²) in [6.07, 6.45) is 2.97. The Kier molecular flexibility index (Phi) is 3.65. The van der Waals surface area contributed by atoms with Crippen LogP contribution < -0.4 is 14.8 Å². The molecule has 114 valence electrons. The maximum atomic E-state index is 10.1. The van der Waals surface area contributed by atoms with Gasteiger partial charge in [-0.1, -0.05) is 0 Å². The van der Waals surface area contributed by atoms with Crippen molar-refractivity contribution in [3.05, 3.63) is 30.4 Å². The van der Waals surface area contributed by atoms with E-state index in [9.17, 15) is 5.11 Å². The van der Waals surface area contributed by atoms with Gasteiger partial charge in [0.25, 0.3) is 0 Å². The van der Waals surface area contributed by atoms with Crippen LogP contribution in [-0.2, 0) is 6.54 Å². The van der Waals surface area contributed by atoms with Gasteiger partial charge >= 0.3 is 0 Å². The lowest BCUT2D eigenvalue weighted by atomic mass is 10.1. The summed E-state index contributed by atoms with van der Waals surface area (Å²) in [5.74, 6) is 1.73. The van der Waals surface area contributed by atoms with Crippen LogP contribution in [0.4, 0.5) is 5.82 Å². The van der Waals surface area contributed by atoms with Gasteiger partial charge < -0.3 is 24.9 Å². The molecule has 3 N–H and O–H groups in total. The Balaban J connectivity index is 1.92. The molecule has 0 saturated carbocycles. The number of aromatic amines is 1. The number of H-pyrrole nitrogens is 1. The molecule has 0 unspecified atom stereocenters. The number of methoxy groups -OCH3 is 2. The number of anilines is 1. The van der Waals surface area contributed by atoms with E-state index in [0.29, 0.717) is 40.6 Å². The lowest BCUT2D eigenvalue weighted by Crippen LogP contribution is -2.05. The maximum Gasteiger partial charge on any atom is 0.182 e. The standard InChI is InChI=1S/C14H15N5O3/c1-21-10-4-3-9(20)8(12(10)22-2)5-15-13-11-14(17-6-16-11)19-7-18-13/h3-4,6-7,20H,5H2,1-2H3,(H2,15,16,17,18,19). The highest BCUT2D eigenvalue weighted by Crippen LogP contribution is 2.37. The summed E-state index contributed by atoms with van der Waals surface area (Å²) in [6, 6.07) is 3.21. The van der Waals surface area contributed by atoms with Crippen LogP contribution in [0.15, 0.2) is 24.8 Å². The molecule has 2 aromatic heterocycles. The predicted molar refractivity (Wildman–Crippen MR) is 80.2 cm³/mol. The minimum absolute atomic E-state index is 0.111. The fourth-order valence-electron chi connectivity index (χ4n) is 2.22. The molecule has 3 rings (SSSR count). The molecule has 0 bridgehead atoms. The highest BCUT2D eigenvalue weighted by molar-refractivity contribution is 5.82. The lowest BCUT2D eigenvalue weighted by molar-refractivity contribution is 0.347. The quantitative estimate of drug-likeness (QED) is 0.658. The number of imidazole rings is 1. The van der Waals surface area contributed by atoms with Gasteiger partial charge in [-0.2, -0.15) is 0 Å². The number of nitrogens with one attached hydrogen (secondary N) is 2. The van der Waals surface area contributed by atoms with Crippen LogP contribution in [0, 0.1) is 0 Å². The number of aromatic hydroxyl groups is 1. The van der Waals surface area contributed by atoms with Crippen molar-refractivity contribution in [2.45, 2.75) is 6.54 Å². The number of aromatic nitrogens is 4. The zero-order valence-corrected chi connectivity index (χ0v) is 12.1. The molecular formula is C14H15N5O3. The zero-order valence-electron chi connectivity index (χ0n) is 12.1. The summed E-state index contributed by atoms with van der Waals surface area (Å²) in [7, 11) is 3.07. The molecule has 0 fully saturated rings. The molecular weight excluding hydrogens is 286 g/mol. The van der Waals surface area contributed by atoms with Gasteiger partial charge in [0, 0.05) is 6.54 Å². The van der Waals surface area contributed by atoms with Gasteiger partial charge in [0.2, 0.25) is 0 Å². The van der Waals surface area contributed by atoms with Gasteiger partial charge in [-0.25, -0.2) is 15.0 Å². The molecule has 0 spiro atoms. The van der Waals surface area contributed by atoms with Crippen molar-refractivity contribution < 1.29 is 14.6 Å². The Hall–Kier alpha value is -3.03. The second kappa shape index (κ2) is 5.76. The zero-order chi connectivity index (χ0) is 15.5. The first kappa shape index (κ1) is 13.9. The first-order valence-electron chi connectivity index (χ1n) is 6.55. The number of nitrogens with zero attached hydrogens (tertiary/aromatic N) is 3. The normalized spacial score (nSPS) is 10.6. The average molecular weight is 301 g/mol. The minimum Gasteiger partial charge on any atom is -0.507 e. The van der Waals surface area contributed by atoms with Crippen molar-refractivity contribution in [1.29, 1.82) is 0 Å². The number of fused-ring (bicyclic) bond motifs is 1. The number of hydrogen-bond donors (Lipinski definition) is 3. The average Bonchev–Trinajstić information content (AvgIpc) is 3.02. The van der Waals surface area contributed by atoms with Gasteiger partial charge in [-0.05, 0) is 12.1 Å². The Morgan fingerprint density at radius 3 is 2.82 bits per heavy atom. The van der Waals surface area contributed by atoms with E-state index < -0.39 is 0 Å². The molecule has 8 nitrogen and oxygen atoms in total. The fraction of sp³-hybridized carbons (Fsp3) is 0.214. The van der Waals surface area contributed by atoms with Crippen LogP contribution in [-0.4, -0.2) is 39.3 Å². The Morgan fingerprint density at radius 1 is 1.18 bits per heavy atom. The van der Waals surface area contributed by atoms with Gasteiger partial charge in [-0.15, -0.1) is 0 Å². The molecule has 0 radical (unpaired) electrons. The molecule has 8 heteroatoms. The number of rotatable bonds is 5. The summed E-state index contributed by atoms with van der Waals surface area (Å²) in [6.45, 7) is 0.303. The van der Waals surface area contributed by atoms with Crippen molar-refractivity contribution in [3.63, 3.8) is 0 Å². The van der Waals surface area contributed by atoms with E-state index in [-0.39, 0.29) is 5.75 Å². The number of phenolic OH excluding ortho intramolecular Hbond substituents is 1. The second-order valence-electron chi connectivity index (χ2n) is 4.48. The molecule has 0 aliphatic rings. The molecule has 2 heterocycles. The van der Waals surface area contributed by atoms with Crippen LogP contribution in [0.25, 0.3) is 11.2 Å². The predicted octanol–water partition coefficient (Wildman–Crippen LogP) is 1.69. The number of benzene rings is 1. The van der Waals surface area contributed by atoms with E-state index in [1.54, 1.807) is 25.6 Å². The number of ether oxygens (including phenoxy) is 2. The summed E-state index contributed by atoms with van der Waals surface area (Å²) >= 11 is 0. The molecule has 1 aromatic carbocycles. The van der Waals surface area contributed by atoms with Crippen molar-refractivity contribution in [2.24, 2.45) is 0 Å². The van der Waals surface area contributed by atoms with Crippen molar-refractivity contribution in [2.75, 3.05) is 19.5 Å². The van der Waals surface area contributed by atoms with Crippen LogP contribution in [0.3, 0.4) is 0 Å². The molecule has 3 aromatic rings. The Labute approximate surface area is 126 Å². The monoisotopic (exact) mass is 301 g/mol. The van der Waals surface area contributed by atoms with Crippen LogP contribution in [0.1, 0.15) is 5.56 Å². The molecule has 0 aliphatic heterocycles. The molecule has 0 amide bonds. The van der Waals surface area contributed by atoms with Gasteiger partial charge in [0.15, 0.2) is 23.0 Å². The number of hydrogen-bond acceptors (Lipinski definition) is 7. The SMILES string of the molecule is COc1ccc(O)c(CNc2ncnc3nc[nH]c23)c1OC. The number of phenols is 1. The van der Waals surface area contributed by atoms with E-state index in [2.05, 4.69) is 25.3 Å². The van der Waals surface area contributed by atoms with Gasteiger partial charge in [-0.3, -0.25) is 0 Å². The highest BCUT2D eigenvalue weighted by Gasteiger charge is 2.15. The molecule has 0 atom stereocenters. The summed E-state index contributed by atoms with van der Waals surface area (Å²) in [5.41, 5.74) is 1.84. The third-order valence-electron chi connectivity index (χ3n) is 3.28. The van der Waals surface area contributed by atoms with Crippen molar-refractivity contribution in [3.8, 4) is 17.2 Å². The second-order valence-corrected chi connectivity index (χ2v) is 4.48. The minimum atomic E-state index is 0.111. The topological polar surface area (TPSA) is 105 Å². The van der Waals surface area contributed by atoms with Crippen LogP contribution in [0.2, 0.25) is 0 Å². The van der Waals surface area contributed by atoms with E-state index in [4.69, 9.17) is 9.47 Å². The molecule has 0 aliphatic carbocycles. The van der Waals surface area contributed by atoms with E-state index in [1.807, 2.05) is 0 Å². The van der Waals surface area contributed by atoms with Crippen molar-refractivity contribution in [1.82, 2.24) is 19.9 Å². The lowest BCUT2D eigenvalue weighted by Gasteiger charge is -2.15. The summed E-state index contributed by atoms with van der Waals surface area (Å²) < 4.78 is 10.6.